The maximum absolute atomic E-state index is 13.7. The van der Waals surface area contributed by atoms with Crippen LogP contribution >= 0.6 is 11.3 Å². The molecule has 29 heavy (non-hydrogen) atoms. The van der Waals surface area contributed by atoms with Gasteiger partial charge in [-0.3, -0.25) is 4.79 Å². The van der Waals surface area contributed by atoms with Crippen LogP contribution < -0.4 is 4.74 Å². The fourth-order valence-corrected chi connectivity index (χ4v) is 4.78. The number of hydrogen-bond acceptors (Lipinski definition) is 5. The normalized spacial score (nSPS) is 20.0. The van der Waals surface area contributed by atoms with Crippen LogP contribution in [-0.2, 0) is 16.8 Å². The van der Waals surface area contributed by atoms with Gasteiger partial charge in [-0.2, -0.15) is 0 Å². The molecule has 2 aromatic rings. The van der Waals surface area contributed by atoms with Crippen molar-refractivity contribution >= 4 is 17.2 Å². The van der Waals surface area contributed by atoms with Crippen LogP contribution in [0.3, 0.4) is 0 Å². The topological polar surface area (TPSA) is 62.7 Å². The minimum absolute atomic E-state index is 0.0376. The van der Waals surface area contributed by atoms with E-state index in [1.165, 1.54) is 17.4 Å². The third kappa shape index (κ3) is 5.14. The fraction of sp³-hybridized carbons (Fsp3) is 0.545. The summed E-state index contributed by atoms with van der Waals surface area (Å²) in [7, 11) is 0. The molecule has 1 amide bonds. The molecule has 0 radical (unpaired) electrons. The van der Waals surface area contributed by atoms with Crippen molar-refractivity contribution < 1.29 is 19.0 Å². The van der Waals surface area contributed by atoms with Gasteiger partial charge in [-0.15, -0.1) is 11.3 Å². The highest BCUT2D eigenvalue weighted by molar-refractivity contribution is 7.11. The van der Waals surface area contributed by atoms with Crippen molar-refractivity contribution in [2.75, 3.05) is 19.7 Å². The van der Waals surface area contributed by atoms with Crippen LogP contribution in [0.4, 0.5) is 4.39 Å². The van der Waals surface area contributed by atoms with Gasteiger partial charge in [-0.1, -0.05) is 26.0 Å². The van der Waals surface area contributed by atoms with Crippen molar-refractivity contribution in [3.8, 4) is 5.75 Å². The first kappa shape index (κ1) is 21.7. The number of nitrogens with zero attached hydrogens (tertiary/aromatic N) is 2. The van der Waals surface area contributed by atoms with Crippen LogP contribution in [0.15, 0.2) is 24.3 Å². The number of carbonyl (C=O) groups is 1. The highest BCUT2D eigenvalue weighted by atomic mass is 32.1. The zero-order chi connectivity index (χ0) is 21.0. The molecular weight excluding hydrogens is 391 g/mol. The van der Waals surface area contributed by atoms with E-state index in [1.807, 2.05) is 25.7 Å². The van der Waals surface area contributed by atoms with Gasteiger partial charge < -0.3 is 14.7 Å². The van der Waals surface area contributed by atoms with Crippen LogP contribution in [0.1, 0.15) is 48.7 Å². The standard InChI is InChI=1S/C22H29FN2O3S/c1-15(2)20(26)25-12-6-10-22(27,11-13-25)21-24-16(3)19(29-21)9-14-28-18-8-5-4-7-17(18)23/h4-5,7-8,15,27H,6,9-14H2,1-3H3/t22-/m0/s1. The number of para-hydroxylation sites is 1. The molecule has 1 saturated heterocycles. The van der Waals surface area contributed by atoms with E-state index in [4.69, 9.17) is 4.74 Å². The number of benzene rings is 1. The molecule has 1 aliphatic rings. The number of aryl methyl sites for hydroxylation is 1. The molecule has 1 fully saturated rings. The molecule has 0 aliphatic carbocycles. The molecule has 0 saturated carbocycles. The molecule has 1 aromatic carbocycles. The molecule has 1 N–H and O–H groups in total. The van der Waals surface area contributed by atoms with Gasteiger partial charge in [0, 0.05) is 36.7 Å². The zero-order valence-electron chi connectivity index (χ0n) is 17.3. The Morgan fingerprint density at radius 1 is 1.34 bits per heavy atom. The molecule has 158 valence electrons. The highest BCUT2D eigenvalue weighted by Crippen LogP contribution is 2.37. The molecule has 0 bridgehead atoms. The largest absolute Gasteiger partial charge is 0.490 e. The molecular formula is C22H29FN2O3S. The number of aromatic nitrogens is 1. The number of carbonyl (C=O) groups excluding carboxylic acids is 1. The number of hydrogen-bond donors (Lipinski definition) is 1. The number of likely N-dealkylation sites (tertiary alicyclic amines) is 1. The molecule has 0 spiro atoms. The maximum Gasteiger partial charge on any atom is 0.225 e. The average molecular weight is 421 g/mol. The quantitative estimate of drug-likeness (QED) is 0.765. The van der Waals surface area contributed by atoms with Crippen molar-refractivity contribution in [3.63, 3.8) is 0 Å². The van der Waals surface area contributed by atoms with Gasteiger partial charge in [0.1, 0.15) is 10.6 Å². The number of ether oxygens (including phenoxy) is 1. The summed E-state index contributed by atoms with van der Waals surface area (Å²) in [5.41, 5.74) is -0.138. The average Bonchev–Trinajstić information content (AvgIpc) is 2.94. The Kier molecular flexibility index (Phi) is 6.90. The molecule has 3 rings (SSSR count). The lowest BCUT2D eigenvalue weighted by Gasteiger charge is -2.25. The van der Waals surface area contributed by atoms with Gasteiger partial charge in [0.2, 0.25) is 5.91 Å². The summed E-state index contributed by atoms with van der Waals surface area (Å²) in [5.74, 6) is -0.0328. The molecule has 0 unspecified atom stereocenters. The van der Waals surface area contributed by atoms with Crippen molar-refractivity contribution in [3.05, 3.63) is 45.7 Å². The number of amides is 1. The predicted octanol–water partition coefficient (Wildman–Crippen LogP) is 4.07. The summed E-state index contributed by atoms with van der Waals surface area (Å²) >= 11 is 1.49. The molecule has 5 nitrogen and oxygen atoms in total. The van der Waals surface area contributed by atoms with E-state index in [1.54, 1.807) is 18.2 Å². The highest BCUT2D eigenvalue weighted by Gasteiger charge is 2.36. The summed E-state index contributed by atoms with van der Waals surface area (Å²) in [6, 6.07) is 6.35. The van der Waals surface area contributed by atoms with Crippen LogP contribution in [0.5, 0.6) is 5.75 Å². The van der Waals surface area contributed by atoms with E-state index in [9.17, 15) is 14.3 Å². The van der Waals surface area contributed by atoms with Crippen molar-refractivity contribution in [2.45, 2.75) is 52.1 Å². The van der Waals surface area contributed by atoms with Crippen molar-refractivity contribution in [1.29, 1.82) is 0 Å². The Hall–Kier alpha value is -1.99. The van der Waals surface area contributed by atoms with Crippen molar-refractivity contribution in [1.82, 2.24) is 9.88 Å². The lowest BCUT2D eigenvalue weighted by Crippen LogP contribution is -2.36. The SMILES string of the molecule is Cc1nc([C@]2(O)CCCN(C(=O)C(C)C)CC2)sc1CCOc1ccccc1F. The summed E-state index contributed by atoms with van der Waals surface area (Å²) in [6.07, 6.45) is 2.43. The lowest BCUT2D eigenvalue weighted by atomic mass is 9.96. The Bertz CT molecular complexity index is 854. The first-order chi connectivity index (χ1) is 13.8. The van der Waals surface area contributed by atoms with E-state index >= 15 is 0 Å². The van der Waals surface area contributed by atoms with Gasteiger partial charge >= 0.3 is 0 Å². The molecule has 1 aliphatic heterocycles. The Morgan fingerprint density at radius 3 is 2.83 bits per heavy atom. The Labute approximate surface area is 175 Å². The molecule has 1 aromatic heterocycles. The second-order valence-corrected chi connectivity index (χ2v) is 9.01. The van der Waals surface area contributed by atoms with E-state index in [-0.39, 0.29) is 23.4 Å². The van der Waals surface area contributed by atoms with Crippen LogP contribution in [0, 0.1) is 18.7 Å². The van der Waals surface area contributed by atoms with E-state index < -0.39 is 5.60 Å². The van der Waals surface area contributed by atoms with Crippen molar-refractivity contribution in [2.24, 2.45) is 5.92 Å². The van der Waals surface area contributed by atoms with Gasteiger partial charge in [0.15, 0.2) is 11.6 Å². The summed E-state index contributed by atoms with van der Waals surface area (Å²) in [6.45, 7) is 7.29. The lowest BCUT2D eigenvalue weighted by molar-refractivity contribution is -0.134. The third-order valence-corrected chi connectivity index (χ3v) is 6.74. The first-order valence-corrected chi connectivity index (χ1v) is 11.0. The van der Waals surface area contributed by atoms with E-state index in [0.717, 1.165) is 17.0 Å². The monoisotopic (exact) mass is 420 g/mol. The minimum atomic E-state index is -1.01. The Balaban J connectivity index is 1.64. The number of rotatable bonds is 6. The summed E-state index contributed by atoms with van der Waals surface area (Å²) in [5, 5.41) is 12.0. The third-order valence-electron chi connectivity index (χ3n) is 5.33. The summed E-state index contributed by atoms with van der Waals surface area (Å²) < 4.78 is 19.2. The van der Waals surface area contributed by atoms with E-state index in [0.29, 0.717) is 44.0 Å². The summed E-state index contributed by atoms with van der Waals surface area (Å²) in [4.78, 5) is 19.8. The Morgan fingerprint density at radius 2 is 2.10 bits per heavy atom. The number of halogens is 1. The zero-order valence-corrected chi connectivity index (χ0v) is 18.1. The van der Waals surface area contributed by atoms with Gasteiger partial charge in [-0.05, 0) is 31.9 Å². The molecule has 2 heterocycles. The maximum atomic E-state index is 13.7. The van der Waals surface area contributed by atoms with E-state index in [2.05, 4.69) is 4.98 Å². The second kappa shape index (κ2) is 9.22. The van der Waals surface area contributed by atoms with Gasteiger partial charge in [0.05, 0.1) is 12.3 Å². The smallest absolute Gasteiger partial charge is 0.225 e. The van der Waals surface area contributed by atoms with Crippen LogP contribution in [0.2, 0.25) is 0 Å². The first-order valence-electron chi connectivity index (χ1n) is 10.2. The predicted molar refractivity (Wildman–Crippen MR) is 112 cm³/mol. The number of thiazole rings is 1. The van der Waals surface area contributed by atoms with Crippen LogP contribution in [0.25, 0.3) is 0 Å². The minimum Gasteiger partial charge on any atom is -0.490 e. The van der Waals surface area contributed by atoms with Crippen LogP contribution in [-0.4, -0.2) is 40.6 Å². The fourth-order valence-electron chi connectivity index (χ4n) is 3.59. The second-order valence-electron chi connectivity index (χ2n) is 7.92. The molecule has 7 heteroatoms. The number of aliphatic hydroxyl groups is 1. The van der Waals surface area contributed by atoms with Gasteiger partial charge in [-0.25, -0.2) is 9.37 Å². The molecule has 1 atom stereocenters. The van der Waals surface area contributed by atoms with Gasteiger partial charge in [0.25, 0.3) is 0 Å².